The molecule has 10 aromatic rings. The van der Waals surface area contributed by atoms with Gasteiger partial charge < -0.3 is 14.0 Å². The molecule has 1 fully saturated rings. The van der Waals surface area contributed by atoms with Crippen molar-refractivity contribution in [2.75, 3.05) is 4.90 Å². The van der Waals surface area contributed by atoms with E-state index in [0.717, 1.165) is 12.1 Å². The summed E-state index contributed by atoms with van der Waals surface area (Å²) < 4.78 is 5.14. The zero-order chi connectivity index (χ0) is 49.4. The van der Waals surface area contributed by atoms with Crippen molar-refractivity contribution in [2.24, 2.45) is 0 Å². The zero-order valence-corrected chi connectivity index (χ0v) is 43.8. The highest BCUT2D eigenvalue weighted by atomic mass is 15.3. The topological polar surface area (TPSA) is 13.1 Å². The molecule has 8 aromatic carbocycles. The van der Waals surface area contributed by atoms with E-state index in [9.17, 15) is 0 Å². The average Bonchev–Trinajstić information content (AvgIpc) is 3.93. The highest BCUT2D eigenvalue weighted by Gasteiger charge is 2.58. The van der Waals surface area contributed by atoms with E-state index in [1.807, 2.05) is 0 Å². The largest absolute Gasteiger partial charge is 0.334 e. The highest BCUT2D eigenvalue weighted by Crippen LogP contribution is 2.61. The van der Waals surface area contributed by atoms with E-state index in [2.05, 4.69) is 260 Å². The van der Waals surface area contributed by atoms with Crippen LogP contribution in [0.15, 0.2) is 170 Å². The van der Waals surface area contributed by atoms with E-state index in [1.165, 1.54) is 124 Å². The van der Waals surface area contributed by atoms with E-state index >= 15 is 0 Å². The summed E-state index contributed by atoms with van der Waals surface area (Å²) in [5.74, 6) is 0. The van der Waals surface area contributed by atoms with Gasteiger partial charge in [-0.15, -0.1) is 0 Å². The Morgan fingerprint density at radius 3 is 1.23 bits per heavy atom. The molecule has 3 heterocycles. The third kappa shape index (κ3) is 7.12. The van der Waals surface area contributed by atoms with Crippen molar-refractivity contribution in [1.82, 2.24) is 9.13 Å². The van der Waals surface area contributed by atoms with Crippen LogP contribution in [-0.4, -0.2) is 14.7 Å². The first-order valence-corrected chi connectivity index (χ1v) is 26.2. The van der Waals surface area contributed by atoms with Crippen molar-refractivity contribution in [1.29, 1.82) is 0 Å². The maximum absolute atomic E-state index is 2.79. The van der Waals surface area contributed by atoms with Gasteiger partial charge >= 0.3 is 0 Å². The Morgan fingerprint density at radius 1 is 0.366 bits per heavy atom. The Bertz CT molecular complexity index is 3560. The molecule has 2 aromatic heterocycles. The fraction of sp³-hybridized carbons (Fsp3) is 0.294. The third-order valence-electron chi connectivity index (χ3n) is 17.1. The molecular formula is C68H69N3. The van der Waals surface area contributed by atoms with Gasteiger partial charge in [0, 0.05) is 38.3 Å². The Hall–Kier alpha value is -6.84. The van der Waals surface area contributed by atoms with Crippen LogP contribution in [0.4, 0.5) is 11.4 Å². The van der Waals surface area contributed by atoms with Crippen molar-refractivity contribution in [2.45, 2.75) is 129 Å². The Kier molecular flexibility index (Phi) is 10.1. The van der Waals surface area contributed by atoms with Crippen LogP contribution in [0, 0.1) is 0 Å². The minimum Gasteiger partial charge on any atom is -0.334 e. The molecule has 0 N–H and O–H groups in total. The summed E-state index contributed by atoms with van der Waals surface area (Å²) in [6.07, 6.45) is 4.76. The molecule has 2 unspecified atom stereocenters. The van der Waals surface area contributed by atoms with Gasteiger partial charge in [0.1, 0.15) is 0 Å². The molecule has 1 saturated carbocycles. The summed E-state index contributed by atoms with van der Waals surface area (Å²) in [6, 6.07) is 65.4. The summed E-state index contributed by atoms with van der Waals surface area (Å²) in [7, 11) is 0. The van der Waals surface area contributed by atoms with Gasteiger partial charge in [0.25, 0.3) is 0 Å². The quantitative estimate of drug-likeness (QED) is 0.168. The van der Waals surface area contributed by atoms with Crippen LogP contribution in [0.25, 0.3) is 77.2 Å². The minimum absolute atomic E-state index is 0.00666. The first-order valence-electron chi connectivity index (χ1n) is 26.2. The van der Waals surface area contributed by atoms with Crippen LogP contribution in [0.3, 0.4) is 0 Å². The standard InChI is InChI=1S/C68H69N3/c1-64(2,3)48-26-31-61-56(38-48)57-39-49(65(4,5)6)27-32-62(57)70(61)52-41-51(42-53(43-52)71-63-33-28-50(66(7,8)9)40-58(63)67(10)34-18-19-35-68(67,71)11)69-59-29-24-46(44-20-14-12-15-21-44)36-54(59)55-37-47(25-30-60(55)69)45-22-16-13-17-23-45/h12-17,20-33,36-43H,18-19,34-35H2,1-11H3. The monoisotopic (exact) mass is 928 g/mol. The number of hydrogen-bond acceptors (Lipinski definition) is 1. The smallest absolute Gasteiger partial charge is 0.0541 e. The lowest BCUT2D eigenvalue weighted by atomic mass is 9.61. The SMILES string of the molecule is CC(C)(C)c1ccc2c(c1)C1(C)CCCCC1(C)N2c1cc(-n2c3ccc(-c4ccccc4)cc3c3cc(-c4ccccc4)ccc32)cc(-n2c3ccc(C(C)(C)C)cc3c3cc(C(C)(C)C)ccc32)c1. The molecular weight excluding hydrogens is 859 g/mol. The number of aromatic nitrogens is 2. The number of fused-ring (bicyclic) bond motifs is 9. The van der Waals surface area contributed by atoms with Crippen LogP contribution in [0.1, 0.15) is 124 Å². The number of anilines is 2. The molecule has 0 bridgehead atoms. The van der Waals surface area contributed by atoms with Crippen molar-refractivity contribution in [3.8, 4) is 33.6 Å². The van der Waals surface area contributed by atoms with Crippen molar-refractivity contribution in [3.05, 3.63) is 192 Å². The molecule has 2 atom stereocenters. The van der Waals surface area contributed by atoms with Gasteiger partial charge in [0.2, 0.25) is 0 Å². The van der Waals surface area contributed by atoms with Crippen LogP contribution in [0.2, 0.25) is 0 Å². The van der Waals surface area contributed by atoms with Gasteiger partial charge in [-0.25, -0.2) is 0 Å². The highest BCUT2D eigenvalue weighted by molar-refractivity contribution is 6.12. The summed E-state index contributed by atoms with van der Waals surface area (Å²) >= 11 is 0. The lowest BCUT2D eigenvalue weighted by Crippen LogP contribution is -2.54. The van der Waals surface area contributed by atoms with Crippen LogP contribution < -0.4 is 4.90 Å². The summed E-state index contributed by atoms with van der Waals surface area (Å²) in [4.78, 5) is 2.79. The Morgan fingerprint density at radius 2 is 0.761 bits per heavy atom. The number of hydrogen-bond donors (Lipinski definition) is 0. The second-order valence-corrected chi connectivity index (χ2v) is 24.7. The molecule has 0 saturated heterocycles. The maximum Gasteiger partial charge on any atom is 0.0541 e. The van der Waals surface area contributed by atoms with E-state index < -0.39 is 0 Å². The lowest BCUT2D eigenvalue weighted by molar-refractivity contribution is 0.195. The molecule has 0 spiro atoms. The first kappa shape index (κ1) is 45.3. The molecule has 12 rings (SSSR count). The van der Waals surface area contributed by atoms with E-state index in [1.54, 1.807) is 0 Å². The second kappa shape index (κ2) is 15.8. The third-order valence-corrected chi connectivity index (χ3v) is 17.1. The predicted octanol–water partition coefficient (Wildman–Crippen LogP) is 18.8. The lowest BCUT2D eigenvalue weighted by Gasteiger charge is -2.50. The molecule has 1 aliphatic heterocycles. The van der Waals surface area contributed by atoms with Crippen molar-refractivity contribution < 1.29 is 0 Å². The molecule has 0 radical (unpaired) electrons. The van der Waals surface area contributed by atoms with Gasteiger partial charge in [0.15, 0.2) is 0 Å². The molecule has 2 aliphatic rings. The Balaban J connectivity index is 1.19. The number of rotatable bonds is 5. The first-order chi connectivity index (χ1) is 33.8. The fourth-order valence-electron chi connectivity index (χ4n) is 12.7. The summed E-state index contributed by atoms with van der Waals surface area (Å²) in [6.45, 7) is 26.2. The van der Waals surface area contributed by atoms with Crippen molar-refractivity contribution >= 4 is 55.0 Å². The fourth-order valence-corrected chi connectivity index (χ4v) is 12.7. The average molecular weight is 928 g/mol. The van der Waals surface area contributed by atoms with Gasteiger partial charge in [-0.2, -0.15) is 0 Å². The zero-order valence-electron chi connectivity index (χ0n) is 43.8. The van der Waals surface area contributed by atoms with Gasteiger partial charge in [0.05, 0.1) is 39.0 Å². The molecule has 71 heavy (non-hydrogen) atoms. The number of nitrogens with zero attached hydrogens (tertiary/aromatic N) is 3. The van der Waals surface area contributed by atoms with E-state index in [-0.39, 0.29) is 27.2 Å². The normalized spacial score (nSPS) is 18.5. The molecule has 3 nitrogen and oxygen atoms in total. The Labute approximate surface area is 421 Å². The van der Waals surface area contributed by atoms with Crippen LogP contribution >= 0.6 is 0 Å². The van der Waals surface area contributed by atoms with Crippen LogP contribution in [-0.2, 0) is 21.7 Å². The predicted molar refractivity (Wildman–Crippen MR) is 305 cm³/mol. The molecule has 1 aliphatic carbocycles. The minimum atomic E-state index is -0.139. The van der Waals surface area contributed by atoms with E-state index in [0.29, 0.717) is 0 Å². The van der Waals surface area contributed by atoms with Crippen LogP contribution in [0.5, 0.6) is 0 Å². The van der Waals surface area contributed by atoms with Gasteiger partial charge in [-0.05, 0) is 153 Å². The van der Waals surface area contributed by atoms with Gasteiger partial charge in [-0.3, -0.25) is 0 Å². The van der Waals surface area contributed by atoms with Gasteiger partial charge in [-0.1, -0.05) is 179 Å². The van der Waals surface area contributed by atoms with Crippen molar-refractivity contribution in [3.63, 3.8) is 0 Å². The second-order valence-electron chi connectivity index (χ2n) is 24.7. The molecule has 356 valence electrons. The summed E-state index contributed by atoms with van der Waals surface area (Å²) in [5.41, 5.74) is 20.2. The summed E-state index contributed by atoms with van der Waals surface area (Å²) in [5, 5.41) is 5.11. The maximum atomic E-state index is 2.79. The molecule has 3 heteroatoms. The van der Waals surface area contributed by atoms with E-state index in [4.69, 9.17) is 0 Å². The number of benzene rings is 8. The molecule has 0 amide bonds.